The van der Waals surface area contributed by atoms with Crippen LogP contribution < -0.4 is 0 Å². The highest BCUT2D eigenvalue weighted by Crippen LogP contribution is 2.37. The average molecular weight is 455 g/mol. The van der Waals surface area contributed by atoms with Crippen LogP contribution in [0.5, 0.6) is 0 Å². The van der Waals surface area contributed by atoms with E-state index in [4.69, 9.17) is 18.6 Å². The normalized spacial score (nSPS) is 17.2. The smallest absolute Gasteiger partial charge is 0.147 e. The summed E-state index contributed by atoms with van der Waals surface area (Å²) in [5.41, 5.74) is -0.547. The van der Waals surface area contributed by atoms with Gasteiger partial charge in [-0.05, 0) is 38.5 Å². The van der Waals surface area contributed by atoms with E-state index < -0.39 is 5.60 Å². The summed E-state index contributed by atoms with van der Waals surface area (Å²) in [5, 5.41) is 0. The first-order valence-electron chi connectivity index (χ1n) is 12.6. The van der Waals surface area contributed by atoms with Gasteiger partial charge in [-0.2, -0.15) is 0 Å². The second-order valence-corrected chi connectivity index (χ2v) is 8.49. The second kappa shape index (κ2) is 19.5. The summed E-state index contributed by atoms with van der Waals surface area (Å²) in [7, 11) is 0.609. The lowest BCUT2D eigenvalue weighted by atomic mass is 9.80. The molecule has 31 heavy (non-hydrogen) atoms. The molecule has 0 radical (unpaired) electrons. The van der Waals surface area contributed by atoms with Gasteiger partial charge >= 0.3 is 0 Å². The van der Waals surface area contributed by atoms with E-state index in [0.717, 1.165) is 64.2 Å². The zero-order valence-corrected chi connectivity index (χ0v) is 23.4. The van der Waals surface area contributed by atoms with Crippen LogP contribution in [0.25, 0.3) is 0 Å². The van der Waals surface area contributed by atoms with Gasteiger partial charge in [-0.3, -0.25) is 0 Å². The summed E-state index contributed by atoms with van der Waals surface area (Å²) >= 11 is 0. The fourth-order valence-corrected chi connectivity index (χ4v) is 4.54. The summed E-state index contributed by atoms with van der Waals surface area (Å²) in [6, 6.07) is 0. The monoisotopic (exact) mass is 454 g/mol. The van der Waals surface area contributed by atoms with Crippen molar-refractivity contribution in [2.45, 2.75) is 130 Å². The Morgan fingerprint density at radius 2 is 1.06 bits per heavy atom. The van der Waals surface area contributed by atoms with E-state index in [1.807, 2.05) is 18.8 Å². The lowest BCUT2D eigenvalue weighted by molar-refractivity contribution is -0.155. The Morgan fingerprint density at radius 1 is 0.645 bits per heavy atom. The van der Waals surface area contributed by atoms with Crippen molar-refractivity contribution >= 4 is 10.5 Å². The van der Waals surface area contributed by atoms with Crippen molar-refractivity contribution in [3.63, 3.8) is 0 Å². The number of hydrogen-bond donors (Lipinski definition) is 0. The molecule has 5 heteroatoms. The van der Waals surface area contributed by atoms with Gasteiger partial charge in [-0.15, -0.1) is 0 Å². The van der Waals surface area contributed by atoms with Crippen LogP contribution in [0.4, 0.5) is 0 Å². The molecule has 0 aliphatic rings. The average Bonchev–Trinajstić information content (AvgIpc) is 2.77. The molecule has 0 aliphatic heterocycles. The highest BCUT2D eigenvalue weighted by molar-refractivity contribution is 5.98. The van der Waals surface area contributed by atoms with E-state index in [9.17, 15) is 0 Å². The minimum Gasteiger partial charge on any atom is -0.498 e. The van der Waals surface area contributed by atoms with E-state index >= 15 is 0 Å². The van der Waals surface area contributed by atoms with Crippen molar-refractivity contribution in [3.8, 4) is 0 Å². The molecule has 0 N–H and O–H groups in total. The quantitative estimate of drug-likeness (QED) is 0.151. The fourth-order valence-electron chi connectivity index (χ4n) is 3.85. The van der Waals surface area contributed by atoms with Gasteiger partial charge in [0, 0.05) is 6.42 Å². The zero-order chi connectivity index (χ0) is 23.4. The third-order valence-electron chi connectivity index (χ3n) is 5.48. The molecule has 0 saturated heterocycles. The van der Waals surface area contributed by atoms with E-state index in [1.165, 1.54) is 0 Å². The Bertz CT molecular complexity index is 464. The second-order valence-electron chi connectivity index (χ2n) is 8.08. The van der Waals surface area contributed by atoms with Gasteiger partial charge in [0.05, 0.1) is 18.8 Å². The van der Waals surface area contributed by atoms with E-state index in [0.29, 0.717) is 10.5 Å². The lowest BCUT2D eigenvalue weighted by Gasteiger charge is -2.46. The minimum atomic E-state index is -0.547. The fraction of sp³-hybridized carbons (Fsp3) is 0.769. The van der Waals surface area contributed by atoms with Gasteiger partial charge in [0.25, 0.3) is 0 Å². The molecule has 0 fully saturated rings. The summed E-state index contributed by atoms with van der Waals surface area (Å²) in [4.78, 5) is 0. The third kappa shape index (κ3) is 11.3. The lowest BCUT2D eigenvalue weighted by Crippen LogP contribution is -2.57. The van der Waals surface area contributed by atoms with E-state index in [2.05, 4.69) is 59.8 Å². The molecule has 3 unspecified atom stereocenters. The van der Waals surface area contributed by atoms with Crippen molar-refractivity contribution in [1.82, 2.24) is 0 Å². The Labute approximate surface area is 196 Å². The van der Waals surface area contributed by atoms with Crippen LogP contribution >= 0.6 is 0 Å². The molecule has 0 aromatic carbocycles. The molecule has 182 valence electrons. The third-order valence-corrected chi connectivity index (χ3v) is 6.24. The first-order valence-corrected chi connectivity index (χ1v) is 13.4. The Morgan fingerprint density at radius 3 is 1.42 bits per heavy atom. The molecule has 0 bridgehead atoms. The zero-order valence-electron chi connectivity index (χ0n) is 21.4. The van der Waals surface area contributed by atoms with Crippen LogP contribution in [0.15, 0.2) is 37.0 Å². The van der Waals surface area contributed by atoms with Crippen molar-refractivity contribution in [1.29, 1.82) is 0 Å². The van der Waals surface area contributed by atoms with Crippen molar-refractivity contribution < 1.29 is 18.6 Å². The summed E-state index contributed by atoms with van der Waals surface area (Å²) in [6.07, 6.45) is 21.2. The topological polar surface area (TPSA) is 36.9 Å². The van der Waals surface area contributed by atoms with Crippen LogP contribution in [-0.4, -0.2) is 34.4 Å². The van der Waals surface area contributed by atoms with Crippen LogP contribution in [-0.2, 0) is 18.6 Å². The largest absolute Gasteiger partial charge is 0.498 e. The highest BCUT2D eigenvalue weighted by atomic mass is 28.2. The van der Waals surface area contributed by atoms with E-state index in [1.54, 1.807) is 0 Å². The van der Waals surface area contributed by atoms with Crippen LogP contribution in [0.3, 0.4) is 0 Å². The maximum atomic E-state index is 6.53. The Hall–Kier alpha value is -1.20. The first kappa shape index (κ1) is 29.8. The summed E-state index contributed by atoms with van der Waals surface area (Å²) < 4.78 is 25.4. The highest BCUT2D eigenvalue weighted by Gasteiger charge is 2.49. The molecule has 0 heterocycles. The van der Waals surface area contributed by atoms with Gasteiger partial charge in [0.2, 0.25) is 0 Å². The molecular weight excluding hydrogens is 404 g/mol. The SMILES string of the molecule is CCC=COC(CCC)CC(O[SiH3])(C(CCC)OC=CCC)C(CCC)OC=CCC. The molecule has 0 aromatic rings. The standard InChI is InChI=1S/C26H50O4Si/c1-7-13-19-27-23(16-10-4)22-26(30-31,24(17-11-5)28-20-14-8-2)25(18-12-6)29-21-15-9-3/h13-15,19-21,23-25H,7-12,16-18,22H2,1-6,31H3. The van der Waals surface area contributed by atoms with Crippen LogP contribution in [0.1, 0.15) is 106 Å². The molecular formula is C26H50O4Si. The molecule has 0 amide bonds. The number of ether oxygens (including phenoxy) is 3. The maximum absolute atomic E-state index is 6.53. The number of allylic oxidation sites excluding steroid dienone is 3. The molecule has 0 spiro atoms. The van der Waals surface area contributed by atoms with Gasteiger partial charge in [-0.25, -0.2) is 0 Å². The molecule has 3 atom stereocenters. The summed E-state index contributed by atoms with van der Waals surface area (Å²) in [5.74, 6) is 0. The van der Waals surface area contributed by atoms with Gasteiger partial charge in [0.15, 0.2) is 0 Å². The summed E-state index contributed by atoms with van der Waals surface area (Å²) in [6.45, 7) is 13.0. The van der Waals surface area contributed by atoms with Gasteiger partial charge < -0.3 is 18.6 Å². The molecule has 0 aromatic heterocycles. The predicted molar refractivity (Wildman–Crippen MR) is 136 cm³/mol. The number of hydrogen-bond acceptors (Lipinski definition) is 4. The Balaban J connectivity index is 6.19. The minimum absolute atomic E-state index is 0.0676. The maximum Gasteiger partial charge on any atom is 0.147 e. The first-order chi connectivity index (χ1) is 15.1. The molecule has 0 rings (SSSR count). The molecule has 0 aliphatic carbocycles. The van der Waals surface area contributed by atoms with Crippen molar-refractivity contribution in [2.75, 3.05) is 0 Å². The van der Waals surface area contributed by atoms with Crippen molar-refractivity contribution in [2.24, 2.45) is 0 Å². The van der Waals surface area contributed by atoms with Gasteiger partial charge in [-0.1, -0.05) is 79.0 Å². The van der Waals surface area contributed by atoms with E-state index in [-0.39, 0.29) is 18.3 Å². The molecule has 0 saturated carbocycles. The predicted octanol–water partition coefficient (Wildman–Crippen LogP) is 6.74. The Kier molecular flexibility index (Phi) is 18.7. The molecule has 4 nitrogen and oxygen atoms in total. The van der Waals surface area contributed by atoms with Crippen LogP contribution in [0, 0.1) is 0 Å². The van der Waals surface area contributed by atoms with Crippen LogP contribution in [0.2, 0.25) is 0 Å². The number of rotatable bonds is 20. The van der Waals surface area contributed by atoms with Gasteiger partial charge in [0.1, 0.15) is 34.4 Å². The van der Waals surface area contributed by atoms with Crippen molar-refractivity contribution in [3.05, 3.63) is 37.0 Å².